The predicted molar refractivity (Wildman–Crippen MR) is 139 cm³/mol. The zero-order valence-electron chi connectivity index (χ0n) is 20.2. The van der Waals surface area contributed by atoms with Crippen molar-refractivity contribution in [1.29, 1.82) is 0 Å². The van der Waals surface area contributed by atoms with Crippen molar-refractivity contribution in [2.24, 2.45) is 0 Å². The van der Waals surface area contributed by atoms with Gasteiger partial charge in [0, 0.05) is 18.8 Å². The Hall–Kier alpha value is -3.65. The van der Waals surface area contributed by atoms with Crippen molar-refractivity contribution in [3.05, 3.63) is 87.6 Å². The average molecular weight is 504 g/mol. The highest BCUT2D eigenvalue weighted by Crippen LogP contribution is 2.36. The van der Waals surface area contributed by atoms with Gasteiger partial charge >= 0.3 is 6.09 Å². The van der Waals surface area contributed by atoms with Crippen molar-refractivity contribution in [2.45, 2.75) is 44.9 Å². The first-order valence-corrected chi connectivity index (χ1v) is 13.1. The summed E-state index contributed by atoms with van der Waals surface area (Å²) >= 11 is 1.36. The zero-order valence-corrected chi connectivity index (χ0v) is 21.0. The van der Waals surface area contributed by atoms with Gasteiger partial charge in [0.1, 0.15) is 0 Å². The van der Waals surface area contributed by atoms with Gasteiger partial charge < -0.3 is 15.0 Å². The van der Waals surface area contributed by atoms with Crippen LogP contribution in [0.5, 0.6) is 0 Å². The number of aryl methyl sites for hydroxylation is 1. The molecule has 0 aliphatic carbocycles. The maximum absolute atomic E-state index is 13.8. The van der Waals surface area contributed by atoms with E-state index in [2.05, 4.69) is 5.32 Å². The number of rotatable bonds is 6. The summed E-state index contributed by atoms with van der Waals surface area (Å²) in [6.45, 7) is 3.67. The van der Waals surface area contributed by atoms with E-state index in [4.69, 9.17) is 4.74 Å². The molecule has 0 unspecified atom stereocenters. The number of anilines is 1. The largest absolute Gasteiger partial charge is 0.438 e. The normalized spacial score (nSPS) is 19.8. The Morgan fingerprint density at radius 1 is 1.03 bits per heavy atom. The second kappa shape index (κ2) is 10.5. The van der Waals surface area contributed by atoms with E-state index >= 15 is 0 Å². The van der Waals surface area contributed by atoms with Gasteiger partial charge in [0.2, 0.25) is 5.91 Å². The number of piperidine rings is 1. The van der Waals surface area contributed by atoms with Crippen LogP contribution in [0.3, 0.4) is 0 Å². The molecule has 1 aromatic heterocycles. The van der Waals surface area contributed by atoms with E-state index in [0.717, 1.165) is 30.4 Å². The van der Waals surface area contributed by atoms with E-state index in [-0.39, 0.29) is 18.4 Å². The standard InChI is InChI=1S/C28H29N3O4S/c1-19-10-12-20(13-11-19)18-31-24(27(33)30-14-3-2-4-15-30)25(35-28(31)34)21-7-5-8-22(17-21)29-26(32)23-9-6-16-36-23/h5-13,16-17,24-25H,2-4,14-15,18H2,1H3,(H,29,32)/t24-,25+/m1/s1. The molecular weight excluding hydrogens is 474 g/mol. The lowest BCUT2D eigenvalue weighted by molar-refractivity contribution is -0.137. The van der Waals surface area contributed by atoms with Crippen molar-refractivity contribution >= 4 is 34.9 Å². The summed E-state index contributed by atoms with van der Waals surface area (Å²) in [6, 6.07) is 18.0. The van der Waals surface area contributed by atoms with Crippen LogP contribution in [-0.2, 0) is 16.1 Å². The van der Waals surface area contributed by atoms with Gasteiger partial charge in [0.05, 0.1) is 11.4 Å². The Morgan fingerprint density at radius 2 is 1.81 bits per heavy atom. The van der Waals surface area contributed by atoms with Crippen LogP contribution in [0.2, 0.25) is 0 Å². The van der Waals surface area contributed by atoms with E-state index in [9.17, 15) is 14.4 Å². The van der Waals surface area contributed by atoms with Gasteiger partial charge in [0.25, 0.3) is 5.91 Å². The van der Waals surface area contributed by atoms with Crippen LogP contribution in [0.15, 0.2) is 66.0 Å². The molecule has 3 heterocycles. The monoisotopic (exact) mass is 503 g/mol. The molecule has 2 aliphatic rings. The number of amides is 3. The molecule has 2 aromatic carbocycles. The smallest absolute Gasteiger partial charge is 0.411 e. The van der Waals surface area contributed by atoms with Crippen LogP contribution >= 0.6 is 11.3 Å². The van der Waals surface area contributed by atoms with Crippen molar-refractivity contribution in [3.63, 3.8) is 0 Å². The van der Waals surface area contributed by atoms with Gasteiger partial charge in [-0.15, -0.1) is 11.3 Å². The molecule has 2 atom stereocenters. The number of likely N-dealkylation sites (tertiary alicyclic amines) is 1. The molecule has 1 N–H and O–H groups in total. The molecule has 0 radical (unpaired) electrons. The fraction of sp³-hybridized carbons (Fsp3) is 0.321. The lowest BCUT2D eigenvalue weighted by Gasteiger charge is -2.33. The third-order valence-corrected chi connectivity index (χ3v) is 7.57. The van der Waals surface area contributed by atoms with Crippen LogP contribution < -0.4 is 5.32 Å². The second-order valence-corrected chi connectivity index (χ2v) is 10.3. The number of carbonyl (C=O) groups is 3. The van der Waals surface area contributed by atoms with Crippen molar-refractivity contribution in [3.8, 4) is 0 Å². The number of ether oxygens (including phenoxy) is 1. The number of hydrogen-bond donors (Lipinski definition) is 1. The lowest BCUT2D eigenvalue weighted by atomic mass is 9.98. The molecule has 2 saturated heterocycles. The van der Waals surface area contributed by atoms with Crippen LogP contribution in [0.25, 0.3) is 0 Å². The number of nitrogens with one attached hydrogen (secondary N) is 1. The van der Waals surface area contributed by atoms with E-state index in [1.54, 1.807) is 29.2 Å². The number of carbonyl (C=O) groups excluding carboxylic acids is 3. The number of benzene rings is 2. The highest BCUT2D eigenvalue weighted by atomic mass is 32.1. The maximum Gasteiger partial charge on any atom is 0.411 e. The molecule has 3 amide bonds. The molecule has 0 spiro atoms. The Kier molecular flexibility index (Phi) is 7.04. The Balaban J connectivity index is 1.43. The van der Waals surface area contributed by atoms with Crippen molar-refractivity contribution in [2.75, 3.05) is 18.4 Å². The lowest BCUT2D eigenvalue weighted by Crippen LogP contribution is -2.49. The molecule has 7 nitrogen and oxygen atoms in total. The summed E-state index contributed by atoms with van der Waals surface area (Å²) in [7, 11) is 0. The fourth-order valence-electron chi connectivity index (χ4n) is 4.78. The highest BCUT2D eigenvalue weighted by molar-refractivity contribution is 7.12. The first-order chi connectivity index (χ1) is 17.5. The SMILES string of the molecule is Cc1ccc(CN2C(=O)O[C@@H](c3cccc(NC(=O)c4cccs4)c3)[C@@H]2C(=O)N2CCCCC2)cc1. The zero-order chi connectivity index (χ0) is 25.1. The summed E-state index contributed by atoms with van der Waals surface area (Å²) < 4.78 is 5.84. The molecule has 186 valence electrons. The van der Waals surface area contributed by atoms with Gasteiger partial charge in [0.15, 0.2) is 12.1 Å². The molecule has 2 fully saturated rings. The minimum atomic E-state index is -0.778. The van der Waals surface area contributed by atoms with E-state index < -0.39 is 18.2 Å². The summed E-state index contributed by atoms with van der Waals surface area (Å²) in [5.74, 6) is -0.293. The summed E-state index contributed by atoms with van der Waals surface area (Å²) in [6.07, 6.45) is 1.74. The first kappa shape index (κ1) is 24.1. The van der Waals surface area contributed by atoms with Gasteiger partial charge in [-0.05, 0) is 60.9 Å². The minimum absolute atomic E-state index is 0.0920. The second-order valence-electron chi connectivity index (χ2n) is 9.31. The highest BCUT2D eigenvalue weighted by Gasteiger charge is 2.48. The van der Waals surface area contributed by atoms with Crippen LogP contribution in [0.4, 0.5) is 10.5 Å². The molecular formula is C28H29N3O4S. The summed E-state index contributed by atoms with van der Waals surface area (Å²) in [5.41, 5.74) is 3.33. The fourth-order valence-corrected chi connectivity index (χ4v) is 5.40. The molecule has 0 saturated carbocycles. The number of hydrogen-bond acceptors (Lipinski definition) is 5. The quantitative estimate of drug-likeness (QED) is 0.490. The Morgan fingerprint density at radius 3 is 2.53 bits per heavy atom. The molecule has 36 heavy (non-hydrogen) atoms. The van der Waals surface area contributed by atoms with Crippen LogP contribution in [0.1, 0.15) is 51.7 Å². The van der Waals surface area contributed by atoms with Crippen LogP contribution in [-0.4, -0.2) is 46.8 Å². The molecule has 3 aromatic rings. The molecule has 2 aliphatic heterocycles. The minimum Gasteiger partial charge on any atom is -0.438 e. The number of nitrogens with zero attached hydrogens (tertiary/aromatic N) is 2. The van der Waals surface area contributed by atoms with E-state index in [1.165, 1.54) is 11.3 Å². The third kappa shape index (κ3) is 5.14. The van der Waals surface area contributed by atoms with Gasteiger partial charge in [-0.25, -0.2) is 4.79 Å². The number of cyclic esters (lactones) is 1. The van der Waals surface area contributed by atoms with Crippen molar-refractivity contribution in [1.82, 2.24) is 9.80 Å². The topological polar surface area (TPSA) is 79.0 Å². The molecule has 5 rings (SSSR count). The van der Waals surface area contributed by atoms with Crippen LogP contribution in [0, 0.1) is 6.92 Å². The van der Waals surface area contributed by atoms with Gasteiger partial charge in [-0.2, -0.15) is 0 Å². The predicted octanol–water partition coefficient (Wildman–Crippen LogP) is 5.38. The van der Waals surface area contributed by atoms with E-state index in [1.807, 2.05) is 53.6 Å². The average Bonchev–Trinajstić information content (AvgIpc) is 3.55. The first-order valence-electron chi connectivity index (χ1n) is 12.3. The summed E-state index contributed by atoms with van der Waals surface area (Å²) in [5, 5.41) is 4.76. The number of thiophene rings is 1. The van der Waals surface area contributed by atoms with Gasteiger partial charge in [-0.1, -0.05) is 48.0 Å². The summed E-state index contributed by atoms with van der Waals surface area (Å²) in [4.78, 5) is 43.5. The Bertz CT molecular complexity index is 1240. The third-order valence-electron chi connectivity index (χ3n) is 6.70. The Labute approximate surface area is 214 Å². The van der Waals surface area contributed by atoms with E-state index in [0.29, 0.717) is 29.2 Å². The molecule has 0 bridgehead atoms. The molecule has 8 heteroatoms. The maximum atomic E-state index is 13.8. The van der Waals surface area contributed by atoms with Gasteiger partial charge in [-0.3, -0.25) is 14.5 Å². The van der Waals surface area contributed by atoms with Crippen molar-refractivity contribution < 1.29 is 19.1 Å².